The largest absolute Gasteiger partial charge is 0.512 e. The third-order valence-electron chi connectivity index (χ3n) is 6.93. The number of rotatable bonds is 10. The molecule has 0 fully saturated rings. The van der Waals surface area contributed by atoms with Gasteiger partial charge in [0.05, 0.1) is 18.3 Å². The number of ketones is 2. The van der Waals surface area contributed by atoms with Gasteiger partial charge in [0.1, 0.15) is 23.6 Å². The molecule has 0 saturated carbocycles. The van der Waals surface area contributed by atoms with Crippen LogP contribution in [0.15, 0.2) is 56.9 Å². The number of allylic oxidation sites excluding steroid dienone is 4. The normalized spacial score (nSPS) is 14.7. The van der Waals surface area contributed by atoms with E-state index in [0.29, 0.717) is 11.3 Å². The van der Waals surface area contributed by atoms with Gasteiger partial charge in [0.15, 0.2) is 11.6 Å². The van der Waals surface area contributed by atoms with Gasteiger partial charge in [-0.25, -0.2) is 0 Å². The van der Waals surface area contributed by atoms with Crippen LogP contribution in [-0.4, -0.2) is 36.2 Å². The highest BCUT2D eigenvalue weighted by Crippen LogP contribution is 2.41. The summed E-state index contributed by atoms with van der Waals surface area (Å²) in [7, 11) is 1.52. The summed E-state index contributed by atoms with van der Waals surface area (Å²) in [5.74, 6) is -0.0600. The van der Waals surface area contributed by atoms with Gasteiger partial charge >= 0.3 is 0 Å². The number of aliphatic imine (C=N–C) groups is 2. The summed E-state index contributed by atoms with van der Waals surface area (Å²) in [4.78, 5) is 34.8. The zero-order valence-electron chi connectivity index (χ0n) is 25.2. The van der Waals surface area contributed by atoms with Crippen LogP contribution in [0.1, 0.15) is 84.3 Å². The Labute approximate surface area is 233 Å². The number of nitrogens with zero attached hydrogens (tertiary/aromatic N) is 2. The topological polar surface area (TPSA) is 88.3 Å². The molecule has 0 radical (unpaired) electrons. The van der Waals surface area contributed by atoms with E-state index in [2.05, 4.69) is 38.1 Å². The third kappa shape index (κ3) is 7.62. The predicted molar refractivity (Wildman–Crippen MR) is 160 cm³/mol. The molecule has 0 aliphatic heterocycles. The van der Waals surface area contributed by atoms with Crippen molar-refractivity contribution in [2.75, 3.05) is 7.11 Å². The molecular formula is C33H42N2O4. The van der Waals surface area contributed by atoms with E-state index in [1.807, 2.05) is 27.7 Å². The van der Waals surface area contributed by atoms with Crippen LogP contribution in [-0.2, 0) is 14.3 Å². The van der Waals surface area contributed by atoms with Crippen LogP contribution in [0.3, 0.4) is 0 Å². The minimum atomic E-state index is -0.549. The lowest BCUT2D eigenvalue weighted by Crippen LogP contribution is -2.16. The molecule has 1 N–H and O–H groups in total. The SMILES string of the molecule is CO/C(C)=C(\C=N[C@H](c1c(C)cc(C)cc1C)[C@H](N=C/C(C(C)=O)=C(/C)O)c1c(C)cc(C)cc1C)C(C)=O. The number of Topliss-reactive ketones (excluding diaryl/α,β-unsaturated/α-hetero) is 2. The Morgan fingerprint density at radius 2 is 1.03 bits per heavy atom. The maximum Gasteiger partial charge on any atom is 0.164 e. The Bertz CT molecular complexity index is 1340. The Morgan fingerprint density at radius 3 is 1.31 bits per heavy atom. The zero-order chi connectivity index (χ0) is 29.6. The predicted octanol–water partition coefficient (Wildman–Crippen LogP) is 7.39. The van der Waals surface area contributed by atoms with Gasteiger partial charge in [0.2, 0.25) is 0 Å². The van der Waals surface area contributed by atoms with Crippen LogP contribution in [0, 0.1) is 41.5 Å². The van der Waals surface area contributed by atoms with Crippen LogP contribution in [0.5, 0.6) is 0 Å². The molecular weight excluding hydrogens is 488 g/mol. The molecule has 208 valence electrons. The van der Waals surface area contributed by atoms with Crippen molar-refractivity contribution in [3.05, 3.63) is 91.4 Å². The number of carbonyl (C=O) groups excluding carboxylic acids is 2. The van der Waals surface area contributed by atoms with Crippen molar-refractivity contribution in [1.82, 2.24) is 0 Å². The highest BCUT2D eigenvalue weighted by Gasteiger charge is 2.29. The van der Waals surface area contributed by atoms with Crippen molar-refractivity contribution in [2.24, 2.45) is 9.98 Å². The Kier molecular flexibility index (Phi) is 10.7. The summed E-state index contributed by atoms with van der Waals surface area (Å²) >= 11 is 0. The van der Waals surface area contributed by atoms with Gasteiger partial charge in [-0.3, -0.25) is 19.6 Å². The van der Waals surface area contributed by atoms with E-state index in [0.717, 1.165) is 44.5 Å². The number of aliphatic hydroxyl groups is 1. The van der Waals surface area contributed by atoms with Crippen LogP contribution >= 0.6 is 0 Å². The summed E-state index contributed by atoms with van der Waals surface area (Å²) < 4.78 is 5.37. The van der Waals surface area contributed by atoms with Crippen molar-refractivity contribution in [3.8, 4) is 0 Å². The molecule has 6 heteroatoms. The summed E-state index contributed by atoms with van der Waals surface area (Å²) in [6, 6.07) is 7.35. The summed E-state index contributed by atoms with van der Waals surface area (Å²) in [5.41, 5.74) is 8.94. The number of methoxy groups -OCH3 is 1. The number of aryl methyl sites for hydroxylation is 6. The molecule has 0 heterocycles. The molecule has 0 bridgehead atoms. The highest BCUT2D eigenvalue weighted by molar-refractivity contribution is 6.13. The molecule has 2 aromatic carbocycles. The summed E-state index contributed by atoms with van der Waals surface area (Å²) in [5, 5.41) is 10.2. The molecule has 0 aromatic heterocycles. The molecule has 2 aromatic rings. The molecule has 0 spiro atoms. The molecule has 0 aliphatic rings. The quantitative estimate of drug-likeness (QED) is 0.197. The molecule has 39 heavy (non-hydrogen) atoms. The Morgan fingerprint density at radius 1 is 0.692 bits per heavy atom. The standard InChI is InChI=1S/C33H42N2O4/c1-18-12-20(3)30(21(4)13-18)32(34-16-28(24(7)36)25(8)37)33(31-22(5)14-19(2)15-23(31)6)35-17-29(26(9)38)27(10)39-11/h12-17,32-33,36H,1-11H3/b28-24+,29-27+,34-16?,35-17?/t32-,33-/m1/s1. The average Bonchev–Trinajstić information content (AvgIpc) is 2.80. The van der Waals surface area contributed by atoms with E-state index in [9.17, 15) is 14.7 Å². The van der Waals surface area contributed by atoms with E-state index in [4.69, 9.17) is 14.7 Å². The zero-order valence-corrected chi connectivity index (χ0v) is 25.2. The lowest BCUT2D eigenvalue weighted by molar-refractivity contribution is -0.114. The van der Waals surface area contributed by atoms with Gasteiger partial charge in [-0.2, -0.15) is 0 Å². The van der Waals surface area contributed by atoms with Crippen molar-refractivity contribution in [3.63, 3.8) is 0 Å². The third-order valence-corrected chi connectivity index (χ3v) is 6.93. The number of benzene rings is 2. The average molecular weight is 531 g/mol. The van der Waals surface area contributed by atoms with Gasteiger partial charge in [-0.05, 0) is 103 Å². The highest BCUT2D eigenvalue weighted by atomic mass is 16.5. The summed E-state index contributed by atoms with van der Waals surface area (Å²) in [6.07, 6.45) is 3.02. The molecule has 6 nitrogen and oxygen atoms in total. The van der Waals surface area contributed by atoms with E-state index >= 15 is 0 Å². The lowest BCUT2D eigenvalue weighted by atomic mass is 9.84. The first-order valence-electron chi connectivity index (χ1n) is 13.1. The van der Waals surface area contributed by atoms with E-state index in [1.165, 1.54) is 34.1 Å². The minimum Gasteiger partial charge on any atom is -0.512 e. The minimum absolute atomic E-state index is 0.0948. The van der Waals surface area contributed by atoms with Gasteiger partial charge in [-0.1, -0.05) is 35.4 Å². The molecule has 2 atom stereocenters. The van der Waals surface area contributed by atoms with Gasteiger partial charge in [0.25, 0.3) is 0 Å². The van der Waals surface area contributed by atoms with Crippen LogP contribution < -0.4 is 0 Å². The van der Waals surface area contributed by atoms with Gasteiger partial charge < -0.3 is 9.84 Å². The first-order valence-corrected chi connectivity index (χ1v) is 13.1. The lowest BCUT2D eigenvalue weighted by Gasteiger charge is -2.28. The number of carbonyl (C=O) groups is 2. The maximum absolute atomic E-state index is 12.5. The van der Waals surface area contributed by atoms with Gasteiger partial charge in [0, 0.05) is 12.4 Å². The fourth-order valence-corrected chi connectivity index (χ4v) is 5.23. The molecule has 0 aliphatic carbocycles. The Hall–Kier alpha value is -3.80. The summed E-state index contributed by atoms with van der Waals surface area (Å²) in [6.45, 7) is 18.4. The second-order valence-electron chi connectivity index (χ2n) is 10.4. The number of aliphatic hydroxyl groups excluding tert-OH is 1. The van der Waals surface area contributed by atoms with E-state index in [-0.39, 0.29) is 22.9 Å². The smallest absolute Gasteiger partial charge is 0.164 e. The van der Waals surface area contributed by atoms with Crippen LogP contribution in [0.4, 0.5) is 0 Å². The van der Waals surface area contributed by atoms with Crippen molar-refractivity contribution in [1.29, 1.82) is 0 Å². The van der Waals surface area contributed by atoms with Crippen molar-refractivity contribution >= 4 is 24.0 Å². The molecule has 0 amide bonds. The second kappa shape index (κ2) is 13.3. The number of ether oxygens (including phenoxy) is 1. The fraction of sp³-hybridized carbons (Fsp3) is 0.394. The Balaban J connectivity index is 3.02. The first-order chi connectivity index (χ1) is 18.2. The molecule has 0 unspecified atom stereocenters. The molecule has 0 saturated heterocycles. The van der Waals surface area contributed by atoms with Crippen LogP contribution in [0.2, 0.25) is 0 Å². The fourth-order valence-electron chi connectivity index (χ4n) is 5.23. The van der Waals surface area contributed by atoms with Crippen LogP contribution in [0.25, 0.3) is 0 Å². The monoisotopic (exact) mass is 530 g/mol. The van der Waals surface area contributed by atoms with Gasteiger partial charge in [-0.15, -0.1) is 0 Å². The van der Waals surface area contributed by atoms with Crippen molar-refractivity contribution < 1.29 is 19.4 Å². The van der Waals surface area contributed by atoms with E-state index in [1.54, 1.807) is 13.1 Å². The van der Waals surface area contributed by atoms with Crippen molar-refractivity contribution in [2.45, 2.75) is 81.3 Å². The molecule has 2 rings (SSSR count). The number of hydrogen-bond acceptors (Lipinski definition) is 6. The number of hydrogen-bond donors (Lipinski definition) is 1. The first kappa shape index (κ1) is 31.4. The second-order valence-corrected chi connectivity index (χ2v) is 10.4. The van der Waals surface area contributed by atoms with E-state index < -0.39 is 12.1 Å². The maximum atomic E-state index is 12.5.